The highest BCUT2D eigenvalue weighted by Gasteiger charge is 2.20. The summed E-state index contributed by atoms with van der Waals surface area (Å²) < 4.78 is 7.81. The number of nitrogens with one attached hydrogen (secondary N) is 1. The van der Waals surface area contributed by atoms with Gasteiger partial charge in [0.05, 0.1) is 18.0 Å². The zero-order valence-electron chi connectivity index (χ0n) is 17.6. The molecule has 0 spiro atoms. The van der Waals surface area contributed by atoms with Gasteiger partial charge in [0, 0.05) is 43.8 Å². The first-order chi connectivity index (χ1) is 15.2. The largest absolute Gasteiger partial charge is 0.478 e. The summed E-state index contributed by atoms with van der Waals surface area (Å²) in [5.41, 5.74) is 4.73. The Hall–Kier alpha value is -3.19. The molecule has 5 rings (SSSR count). The number of unbranched alkanes of at least 4 members (excludes halogenated alkanes) is 1. The van der Waals surface area contributed by atoms with Crippen molar-refractivity contribution in [3.05, 3.63) is 65.5 Å². The van der Waals surface area contributed by atoms with Gasteiger partial charge in [-0.15, -0.1) is 0 Å². The third kappa shape index (κ3) is 4.61. The summed E-state index contributed by atoms with van der Waals surface area (Å²) in [6, 6.07) is 14.2. The van der Waals surface area contributed by atoms with E-state index in [0.717, 1.165) is 56.6 Å². The number of fused-ring (bicyclic) bond motifs is 2. The number of benzene rings is 1. The Morgan fingerprint density at radius 2 is 1.90 bits per heavy atom. The van der Waals surface area contributed by atoms with Gasteiger partial charge in [0.2, 0.25) is 11.8 Å². The lowest BCUT2D eigenvalue weighted by Crippen LogP contribution is -2.31. The van der Waals surface area contributed by atoms with Gasteiger partial charge in [0.15, 0.2) is 0 Å². The Morgan fingerprint density at radius 3 is 2.81 bits per heavy atom. The third-order valence-corrected chi connectivity index (χ3v) is 5.91. The first kappa shape index (κ1) is 19.8. The zero-order chi connectivity index (χ0) is 21.0. The summed E-state index contributed by atoms with van der Waals surface area (Å²) >= 11 is 0. The highest BCUT2D eigenvalue weighted by molar-refractivity contribution is 5.92. The molecular weight excluding hydrogens is 390 g/mol. The smallest absolute Gasteiger partial charge is 0.225 e. The van der Waals surface area contributed by atoms with Gasteiger partial charge in [-0.25, -0.2) is 4.68 Å². The second-order valence-electron chi connectivity index (χ2n) is 8.17. The van der Waals surface area contributed by atoms with E-state index in [2.05, 4.69) is 33.5 Å². The van der Waals surface area contributed by atoms with Crippen LogP contribution >= 0.6 is 0 Å². The molecule has 0 bridgehead atoms. The number of carbonyl (C=O) groups excluding carboxylic acids is 1. The fourth-order valence-electron chi connectivity index (χ4n) is 4.19. The first-order valence-corrected chi connectivity index (χ1v) is 11.0. The maximum Gasteiger partial charge on any atom is 0.225 e. The zero-order valence-corrected chi connectivity index (χ0v) is 17.6. The van der Waals surface area contributed by atoms with Gasteiger partial charge < -0.3 is 10.1 Å². The molecule has 0 radical (unpaired) electrons. The summed E-state index contributed by atoms with van der Waals surface area (Å²) in [6.07, 6.45) is 6.48. The first-order valence-electron chi connectivity index (χ1n) is 11.0. The van der Waals surface area contributed by atoms with Crippen LogP contribution < -0.4 is 10.1 Å². The standard InChI is InChI=1S/C24H27N5O2/c30-22-10-8-18-9-11-23(26-24(18)25-22)31-15-5-4-13-28-14-12-21-19(16-28)17-29(27-21)20-6-2-1-3-7-20/h1-3,6-7,9,11,17H,4-5,8,10,12-16H2,(H,25,26,30). The number of aryl methyl sites for hydroxylation is 1. The van der Waals surface area contributed by atoms with Gasteiger partial charge in [0.25, 0.3) is 0 Å². The van der Waals surface area contributed by atoms with Crippen LogP contribution in [0.4, 0.5) is 5.82 Å². The van der Waals surface area contributed by atoms with Gasteiger partial charge in [-0.1, -0.05) is 18.2 Å². The molecule has 0 unspecified atom stereocenters. The highest BCUT2D eigenvalue weighted by Crippen LogP contribution is 2.23. The lowest BCUT2D eigenvalue weighted by atomic mass is 10.1. The van der Waals surface area contributed by atoms with Crippen LogP contribution in [-0.2, 0) is 24.2 Å². The van der Waals surface area contributed by atoms with Crippen LogP contribution in [0, 0.1) is 0 Å². The molecule has 1 aromatic carbocycles. The summed E-state index contributed by atoms with van der Waals surface area (Å²) in [7, 11) is 0. The van der Waals surface area contributed by atoms with E-state index in [4.69, 9.17) is 9.84 Å². The van der Waals surface area contributed by atoms with Gasteiger partial charge in [-0.3, -0.25) is 9.69 Å². The molecule has 1 N–H and O–H groups in total. The van der Waals surface area contributed by atoms with Crippen LogP contribution in [0.3, 0.4) is 0 Å². The molecule has 2 aliphatic rings. The number of rotatable bonds is 7. The minimum atomic E-state index is 0.0242. The van der Waals surface area contributed by atoms with Crippen LogP contribution in [0.5, 0.6) is 5.88 Å². The molecule has 0 aliphatic carbocycles. The summed E-state index contributed by atoms with van der Waals surface area (Å²) in [4.78, 5) is 18.5. The van der Waals surface area contributed by atoms with Crippen LogP contribution in [0.1, 0.15) is 36.1 Å². The van der Waals surface area contributed by atoms with E-state index in [0.29, 0.717) is 24.7 Å². The fraction of sp³-hybridized carbons (Fsp3) is 0.375. The number of ether oxygens (including phenoxy) is 1. The van der Waals surface area contributed by atoms with Gasteiger partial charge in [0.1, 0.15) is 5.82 Å². The Morgan fingerprint density at radius 1 is 1.00 bits per heavy atom. The minimum absolute atomic E-state index is 0.0242. The second kappa shape index (κ2) is 8.89. The number of pyridine rings is 1. The number of hydrogen-bond donors (Lipinski definition) is 1. The number of carbonyl (C=O) groups is 1. The molecule has 2 aromatic heterocycles. The number of hydrogen-bond acceptors (Lipinski definition) is 5. The number of anilines is 1. The fourth-order valence-corrected chi connectivity index (χ4v) is 4.19. The van der Waals surface area contributed by atoms with Crippen LogP contribution in [-0.4, -0.2) is 45.3 Å². The van der Waals surface area contributed by atoms with Crippen molar-refractivity contribution in [2.75, 3.05) is 25.0 Å². The number of nitrogens with zero attached hydrogens (tertiary/aromatic N) is 4. The maximum atomic E-state index is 11.5. The van der Waals surface area contributed by atoms with E-state index in [9.17, 15) is 4.79 Å². The van der Waals surface area contributed by atoms with Crippen molar-refractivity contribution in [2.45, 2.75) is 38.6 Å². The van der Waals surface area contributed by atoms with E-state index >= 15 is 0 Å². The molecule has 2 aliphatic heterocycles. The summed E-state index contributed by atoms with van der Waals surface area (Å²) in [5, 5.41) is 7.59. The molecule has 7 nitrogen and oxygen atoms in total. The molecule has 31 heavy (non-hydrogen) atoms. The lowest BCUT2D eigenvalue weighted by Gasteiger charge is -2.25. The molecule has 160 valence electrons. The van der Waals surface area contributed by atoms with E-state index in [1.807, 2.05) is 35.0 Å². The molecule has 0 saturated carbocycles. The Bertz CT molecular complexity index is 1060. The molecular formula is C24H27N5O2. The van der Waals surface area contributed by atoms with Crippen LogP contribution in [0.25, 0.3) is 5.69 Å². The molecule has 3 aromatic rings. The van der Waals surface area contributed by atoms with Crippen molar-refractivity contribution in [3.8, 4) is 11.6 Å². The molecule has 1 amide bonds. The highest BCUT2D eigenvalue weighted by atomic mass is 16.5. The van der Waals surface area contributed by atoms with E-state index in [1.165, 1.54) is 11.3 Å². The van der Waals surface area contributed by atoms with Crippen molar-refractivity contribution < 1.29 is 9.53 Å². The van der Waals surface area contributed by atoms with Crippen molar-refractivity contribution in [1.82, 2.24) is 19.7 Å². The minimum Gasteiger partial charge on any atom is -0.478 e. The van der Waals surface area contributed by atoms with E-state index in [-0.39, 0.29) is 5.91 Å². The van der Waals surface area contributed by atoms with Gasteiger partial charge >= 0.3 is 0 Å². The Balaban J connectivity index is 1.07. The molecule has 0 saturated heterocycles. The normalized spacial score (nSPS) is 15.8. The van der Waals surface area contributed by atoms with Crippen molar-refractivity contribution in [2.24, 2.45) is 0 Å². The van der Waals surface area contributed by atoms with Crippen molar-refractivity contribution >= 4 is 11.7 Å². The predicted octanol–water partition coefficient (Wildman–Crippen LogP) is 3.37. The quantitative estimate of drug-likeness (QED) is 0.597. The second-order valence-corrected chi connectivity index (χ2v) is 8.17. The molecule has 4 heterocycles. The van der Waals surface area contributed by atoms with E-state index in [1.54, 1.807) is 0 Å². The predicted molar refractivity (Wildman–Crippen MR) is 118 cm³/mol. The van der Waals surface area contributed by atoms with E-state index < -0.39 is 0 Å². The third-order valence-electron chi connectivity index (χ3n) is 5.91. The average Bonchev–Trinajstić information content (AvgIpc) is 3.23. The Labute approximate surface area is 182 Å². The molecule has 0 atom stereocenters. The topological polar surface area (TPSA) is 72.3 Å². The Kier molecular flexibility index (Phi) is 5.67. The van der Waals surface area contributed by atoms with Crippen molar-refractivity contribution in [1.29, 1.82) is 0 Å². The van der Waals surface area contributed by atoms with Gasteiger partial charge in [-0.2, -0.15) is 10.1 Å². The van der Waals surface area contributed by atoms with Crippen molar-refractivity contribution in [3.63, 3.8) is 0 Å². The lowest BCUT2D eigenvalue weighted by molar-refractivity contribution is -0.116. The summed E-state index contributed by atoms with van der Waals surface area (Å²) in [5.74, 6) is 1.25. The number of para-hydroxylation sites is 1. The summed E-state index contributed by atoms with van der Waals surface area (Å²) in [6.45, 7) is 3.68. The monoisotopic (exact) mass is 417 g/mol. The number of aromatic nitrogens is 3. The SMILES string of the molecule is O=C1CCc2ccc(OCCCCN3CCc4nn(-c5ccccc5)cc4C3)nc2N1. The molecule has 0 fully saturated rings. The van der Waals surface area contributed by atoms with Crippen LogP contribution in [0.2, 0.25) is 0 Å². The maximum absolute atomic E-state index is 11.5. The number of amides is 1. The van der Waals surface area contributed by atoms with Crippen LogP contribution in [0.15, 0.2) is 48.7 Å². The van der Waals surface area contributed by atoms with Gasteiger partial charge in [-0.05, 0) is 49.6 Å². The molecule has 7 heteroatoms. The average molecular weight is 418 g/mol.